The van der Waals surface area contributed by atoms with Crippen LogP contribution in [0.2, 0.25) is 5.02 Å². The predicted octanol–water partition coefficient (Wildman–Crippen LogP) is 5.15. The monoisotopic (exact) mass is 539 g/mol. The van der Waals surface area contributed by atoms with Crippen molar-refractivity contribution in [3.63, 3.8) is 0 Å². The summed E-state index contributed by atoms with van der Waals surface area (Å²) in [5.41, 5.74) is 5.70. The van der Waals surface area contributed by atoms with Crippen molar-refractivity contribution in [2.24, 2.45) is 7.05 Å². The van der Waals surface area contributed by atoms with E-state index < -0.39 is 5.97 Å². The molecule has 4 rings (SSSR count). The Morgan fingerprint density at radius 1 is 1.00 bits per heavy atom. The molecule has 2 aromatic heterocycles. The van der Waals surface area contributed by atoms with Crippen molar-refractivity contribution in [1.82, 2.24) is 14.8 Å². The first kappa shape index (κ1) is 27.2. The van der Waals surface area contributed by atoms with Gasteiger partial charge in [0.25, 0.3) is 0 Å². The minimum atomic E-state index is -0.533. The van der Waals surface area contributed by atoms with E-state index in [4.69, 9.17) is 35.6 Å². The SMILES string of the molecule is COC(=O)CCc1c(C(=O)OC)[nH]c2c(-c3c(COCc4ccc(OC)cc4)nn(C)c3C)c(Cl)ccc12. The van der Waals surface area contributed by atoms with Gasteiger partial charge in [0.2, 0.25) is 0 Å². The molecule has 2 heterocycles. The number of benzene rings is 2. The summed E-state index contributed by atoms with van der Waals surface area (Å²) >= 11 is 6.77. The number of aromatic nitrogens is 3. The third kappa shape index (κ3) is 5.39. The number of halogens is 1. The Bertz CT molecular complexity index is 1470. The first-order chi connectivity index (χ1) is 18.3. The lowest BCUT2D eigenvalue weighted by Crippen LogP contribution is -2.07. The van der Waals surface area contributed by atoms with Crippen molar-refractivity contribution in [3.05, 3.63) is 69.6 Å². The number of carbonyl (C=O) groups excluding carboxylic acids is 2. The van der Waals surface area contributed by atoms with Gasteiger partial charge in [0.15, 0.2) is 0 Å². The van der Waals surface area contributed by atoms with E-state index >= 15 is 0 Å². The van der Waals surface area contributed by atoms with Crippen LogP contribution >= 0.6 is 11.6 Å². The highest BCUT2D eigenvalue weighted by molar-refractivity contribution is 6.35. The van der Waals surface area contributed by atoms with E-state index in [0.717, 1.165) is 28.0 Å². The second-order valence-corrected chi connectivity index (χ2v) is 9.17. The molecule has 0 spiro atoms. The molecule has 2 aromatic carbocycles. The predicted molar refractivity (Wildman–Crippen MR) is 143 cm³/mol. The number of nitrogens with zero attached hydrogens (tertiary/aromatic N) is 2. The zero-order valence-corrected chi connectivity index (χ0v) is 22.8. The second kappa shape index (κ2) is 11.7. The lowest BCUT2D eigenvalue weighted by Gasteiger charge is -2.10. The lowest BCUT2D eigenvalue weighted by atomic mass is 9.98. The number of nitrogens with one attached hydrogen (secondary N) is 1. The molecule has 10 heteroatoms. The quantitative estimate of drug-likeness (QED) is 0.278. The zero-order valence-electron chi connectivity index (χ0n) is 22.0. The van der Waals surface area contributed by atoms with E-state index in [1.54, 1.807) is 17.9 Å². The molecule has 0 amide bonds. The summed E-state index contributed by atoms with van der Waals surface area (Å²) in [6.45, 7) is 2.59. The van der Waals surface area contributed by atoms with E-state index in [0.29, 0.717) is 40.4 Å². The molecule has 1 N–H and O–H groups in total. The summed E-state index contributed by atoms with van der Waals surface area (Å²) in [4.78, 5) is 27.7. The van der Waals surface area contributed by atoms with Gasteiger partial charge in [0.1, 0.15) is 11.4 Å². The van der Waals surface area contributed by atoms with Gasteiger partial charge >= 0.3 is 11.9 Å². The maximum absolute atomic E-state index is 12.7. The number of H-pyrrole nitrogens is 1. The average Bonchev–Trinajstić information content (AvgIpc) is 3.43. The standard InChI is InChI=1S/C28H30ClN3O6/c1-16-24(22(31-32(16)2)15-38-14-17-6-8-18(35-3)9-7-17)25-21(29)12-10-19-20(11-13-23(33)36-4)27(28(34)37-5)30-26(19)25/h6-10,12,30H,11,13-15H2,1-5H3. The summed E-state index contributed by atoms with van der Waals surface area (Å²) in [5, 5.41) is 5.94. The third-order valence-electron chi connectivity index (χ3n) is 6.55. The topological polar surface area (TPSA) is 105 Å². The van der Waals surface area contributed by atoms with Crippen molar-refractivity contribution < 1.29 is 28.5 Å². The number of carbonyl (C=O) groups is 2. The van der Waals surface area contributed by atoms with E-state index in [9.17, 15) is 9.59 Å². The third-order valence-corrected chi connectivity index (χ3v) is 6.87. The van der Waals surface area contributed by atoms with E-state index in [-0.39, 0.29) is 24.7 Å². The molecule has 0 saturated heterocycles. The molecule has 0 aliphatic heterocycles. The van der Waals surface area contributed by atoms with Gasteiger partial charge in [-0.05, 0) is 42.7 Å². The molecule has 9 nitrogen and oxygen atoms in total. The fourth-order valence-corrected chi connectivity index (χ4v) is 4.75. The molecule has 0 radical (unpaired) electrons. The zero-order chi connectivity index (χ0) is 27.4. The van der Waals surface area contributed by atoms with Crippen LogP contribution < -0.4 is 4.74 Å². The van der Waals surface area contributed by atoms with E-state index in [1.165, 1.54) is 14.2 Å². The summed E-state index contributed by atoms with van der Waals surface area (Å²) in [7, 11) is 6.13. The van der Waals surface area contributed by atoms with Crippen LogP contribution in [0.5, 0.6) is 5.75 Å². The van der Waals surface area contributed by atoms with Crippen LogP contribution in [0.4, 0.5) is 0 Å². The first-order valence-corrected chi connectivity index (χ1v) is 12.4. The normalized spacial score (nSPS) is 11.1. The van der Waals surface area contributed by atoms with Crippen molar-refractivity contribution in [3.8, 4) is 16.9 Å². The van der Waals surface area contributed by atoms with Crippen LogP contribution in [0.1, 0.15) is 39.4 Å². The number of fused-ring (bicyclic) bond motifs is 1. The molecule has 0 aliphatic rings. The first-order valence-electron chi connectivity index (χ1n) is 12.0. The number of ether oxygens (including phenoxy) is 4. The molecule has 0 saturated carbocycles. The van der Waals surface area contributed by atoms with Crippen LogP contribution in [0.15, 0.2) is 36.4 Å². The number of aromatic amines is 1. The maximum Gasteiger partial charge on any atom is 0.354 e. The number of hydrogen-bond donors (Lipinski definition) is 1. The van der Waals surface area contributed by atoms with Crippen molar-refractivity contribution >= 4 is 34.4 Å². The average molecular weight is 540 g/mol. The van der Waals surface area contributed by atoms with Gasteiger partial charge in [-0.2, -0.15) is 5.10 Å². The van der Waals surface area contributed by atoms with Gasteiger partial charge in [0, 0.05) is 35.7 Å². The van der Waals surface area contributed by atoms with Crippen molar-refractivity contribution in [1.29, 1.82) is 0 Å². The van der Waals surface area contributed by atoms with Crippen LogP contribution in [-0.4, -0.2) is 48.0 Å². The number of esters is 2. The molecule has 200 valence electrons. The number of rotatable bonds is 10. The smallest absolute Gasteiger partial charge is 0.354 e. The number of hydrogen-bond acceptors (Lipinski definition) is 7. The van der Waals surface area contributed by atoms with Gasteiger partial charge in [-0.15, -0.1) is 0 Å². The van der Waals surface area contributed by atoms with Gasteiger partial charge in [-0.25, -0.2) is 4.79 Å². The Morgan fingerprint density at radius 2 is 1.74 bits per heavy atom. The van der Waals surface area contributed by atoms with Gasteiger partial charge < -0.3 is 23.9 Å². The Kier molecular flexibility index (Phi) is 8.38. The Labute approximate surface area is 225 Å². The summed E-state index contributed by atoms with van der Waals surface area (Å²) < 4.78 is 22.8. The fraction of sp³-hybridized carbons (Fsp3) is 0.321. The van der Waals surface area contributed by atoms with Gasteiger partial charge in [-0.1, -0.05) is 29.8 Å². The second-order valence-electron chi connectivity index (χ2n) is 8.76. The lowest BCUT2D eigenvalue weighted by molar-refractivity contribution is -0.140. The molecular formula is C28H30ClN3O6. The Morgan fingerprint density at radius 3 is 2.39 bits per heavy atom. The molecule has 0 bridgehead atoms. The summed E-state index contributed by atoms with van der Waals surface area (Å²) in [5.74, 6) is -0.125. The molecule has 0 atom stereocenters. The molecular weight excluding hydrogens is 510 g/mol. The molecule has 0 fully saturated rings. The van der Waals surface area contributed by atoms with Crippen LogP contribution in [0.25, 0.3) is 22.0 Å². The molecule has 0 aliphatic carbocycles. The van der Waals surface area contributed by atoms with E-state index in [2.05, 4.69) is 4.98 Å². The Hall–Kier alpha value is -3.82. The van der Waals surface area contributed by atoms with Crippen molar-refractivity contribution in [2.75, 3.05) is 21.3 Å². The number of aryl methyl sites for hydroxylation is 2. The van der Waals surface area contributed by atoms with Crippen LogP contribution in [0, 0.1) is 6.92 Å². The van der Waals surface area contributed by atoms with Gasteiger partial charge in [0.05, 0.1) is 50.8 Å². The van der Waals surface area contributed by atoms with Crippen LogP contribution in [-0.2, 0) is 45.7 Å². The Balaban J connectivity index is 1.75. The minimum absolute atomic E-state index is 0.113. The minimum Gasteiger partial charge on any atom is -0.497 e. The molecule has 4 aromatic rings. The fourth-order valence-electron chi connectivity index (χ4n) is 4.49. The highest BCUT2D eigenvalue weighted by Gasteiger charge is 2.25. The van der Waals surface area contributed by atoms with E-state index in [1.807, 2.05) is 44.3 Å². The number of methoxy groups -OCH3 is 3. The summed E-state index contributed by atoms with van der Waals surface area (Å²) in [6.07, 6.45) is 0.407. The van der Waals surface area contributed by atoms with Crippen LogP contribution in [0.3, 0.4) is 0 Å². The summed E-state index contributed by atoms with van der Waals surface area (Å²) in [6, 6.07) is 11.3. The molecule has 38 heavy (non-hydrogen) atoms. The highest BCUT2D eigenvalue weighted by atomic mass is 35.5. The molecule has 0 unspecified atom stereocenters. The maximum atomic E-state index is 12.7. The van der Waals surface area contributed by atoms with Crippen molar-refractivity contribution in [2.45, 2.75) is 33.0 Å². The highest BCUT2D eigenvalue weighted by Crippen LogP contribution is 2.40. The van der Waals surface area contributed by atoms with Gasteiger partial charge in [-0.3, -0.25) is 9.48 Å². The largest absolute Gasteiger partial charge is 0.497 e.